The SMILES string of the molecule is Cc1ccc(-c2noc(NC3CCCCC3)n2)cc1. The lowest BCUT2D eigenvalue weighted by molar-refractivity contribution is 0.407. The highest BCUT2D eigenvalue weighted by Gasteiger charge is 2.16. The zero-order valence-corrected chi connectivity index (χ0v) is 11.2. The Bertz CT molecular complexity index is 527. The van der Waals surface area contributed by atoms with Crippen molar-refractivity contribution >= 4 is 6.01 Å². The van der Waals surface area contributed by atoms with Crippen molar-refractivity contribution in [2.75, 3.05) is 5.32 Å². The van der Waals surface area contributed by atoms with Gasteiger partial charge in [-0.25, -0.2) is 0 Å². The first-order chi connectivity index (χ1) is 9.31. The third-order valence-corrected chi connectivity index (χ3v) is 3.67. The average molecular weight is 257 g/mol. The van der Waals surface area contributed by atoms with Crippen molar-refractivity contribution < 1.29 is 4.52 Å². The zero-order valence-electron chi connectivity index (χ0n) is 11.2. The quantitative estimate of drug-likeness (QED) is 0.908. The lowest BCUT2D eigenvalue weighted by Crippen LogP contribution is -2.22. The topological polar surface area (TPSA) is 51.0 Å². The van der Waals surface area contributed by atoms with Crippen molar-refractivity contribution in [3.8, 4) is 11.4 Å². The summed E-state index contributed by atoms with van der Waals surface area (Å²) in [4.78, 5) is 4.42. The molecule has 19 heavy (non-hydrogen) atoms. The maximum atomic E-state index is 5.28. The van der Waals surface area contributed by atoms with Crippen LogP contribution in [0.4, 0.5) is 6.01 Å². The van der Waals surface area contributed by atoms with Crippen LogP contribution in [0, 0.1) is 6.92 Å². The predicted molar refractivity (Wildman–Crippen MR) is 75.0 cm³/mol. The molecule has 100 valence electrons. The van der Waals surface area contributed by atoms with Gasteiger partial charge in [-0.3, -0.25) is 0 Å². The molecule has 0 unspecified atom stereocenters. The molecule has 0 aliphatic heterocycles. The largest absolute Gasteiger partial charge is 0.335 e. The summed E-state index contributed by atoms with van der Waals surface area (Å²) in [6, 6.07) is 9.18. The number of aryl methyl sites for hydroxylation is 1. The van der Waals surface area contributed by atoms with Gasteiger partial charge in [-0.15, -0.1) is 0 Å². The van der Waals surface area contributed by atoms with Gasteiger partial charge < -0.3 is 9.84 Å². The van der Waals surface area contributed by atoms with Crippen LogP contribution in [-0.2, 0) is 0 Å². The van der Waals surface area contributed by atoms with Crippen molar-refractivity contribution in [2.45, 2.75) is 45.1 Å². The van der Waals surface area contributed by atoms with Crippen molar-refractivity contribution in [1.82, 2.24) is 10.1 Å². The van der Waals surface area contributed by atoms with Crippen LogP contribution in [0.5, 0.6) is 0 Å². The molecule has 4 nitrogen and oxygen atoms in total. The number of nitrogens with zero attached hydrogens (tertiary/aromatic N) is 2. The van der Waals surface area contributed by atoms with E-state index in [1.165, 1.54) is 37.7 Å². The number of nitrogens with one attached hydrogen (secondary N) is 1. The highest BCUT2D eigenvalue weighted by atomic mass is 16.5. The van der Waals surface area contributed by atoms with Gasteiger partial charge in [0.2, 0.25) is 5.82 Å². The predicted octanol–water partition coefficient (Wildman–Crippen LogP) is 3.79. The van der Waals surface area contributed by atoms with E-state index in [2.05, 4.69) is 34.5 Å². The highest BCUT2D eigenvalue weighted by molar-refractivity contribution is 5.55. The molecule has 0 radical (unpaired) electrons. The van der Waals surface area contributed by atoms with Gasteiger partial charge in [-0.2, -0.15) is 4.98 Å². The van der Waals surface area contributed by atoms with Crippen molar-refractivity contribution in [1.29, 1.82) is 0 Å². The minimum atomic E-state index is 0.486. The molecule has 1 N–H and O–H groups in total. The molecule has 0 amide bonds. The molecule has 0 atom stereocenters. The van der Waals surface area contributed by atoms with Gasteiger partial charge in [0.15, 0.2) is 0 Å². The molecule has 3 rings (SSSR count). The molecule has 4 heteroatoms. The lowest BCUT2D eigenvalue weighted by atomic mass is 9.96. The van der Waals surface area contributed by atoms with Crippen LogP contribution in [0.15, 0.2) is 28.8 Å². The maximum Gasteiger partial charge on any atom is 0.322 e. The van der Waals surface area contributed by atoms with Gasteiger partial charge in [0.25, 0.3) is 0 Å². The van der Waals surface area contributed by atoms with Gasteiger partial charge in [0.1, 0.15) is 0 Å². The summed E-state index contributed by atoms with van der Waals surface area (Å²) < 4.78 is 5.28. The summed E-state index contributed by atoms with van der Waals surface area (Å²) in [5.74, 6) is 0.651. The Morgan fingerprint density at radius 2 is 1.84 bits per heavy atom. The Hall–Kier alpha value is -1.84. The van der Waals surface area contributed by atoms with Gasteiger partial charge >= 0.3 is 6.01 Å². The Balaban J connectivity index is 1.70. The first kappa shape index (κ1) is 12.2. The molecule has 1 aromatic carbocycles. The molecule has 0 bridgehead atoms. The molecule has 1 aromatic heterocycles. The molecule has 1 aliphatic rings. The second kappa shape index (κ2) is 5.43. The molecule has 0 saturated heterocycles. The summed E-state index contributed by atoms with van der Waals surface area (Å²) in [7, 11) is 0. The van der Waals surface area contributed by atoms with Crippen molar-refractivity contribution in [3.05, 3.63) is 29.8 Å². The van der Waals surface area contributed by atoms with E-state index < -0.39 is 0 Å². The van der Waals surface area contributed by atoms with E-state index in [1.54, 1.807) is 0 Å². The molecule has 2 aromatic rings. The fraction of sp³-hybridized carbons (Fsp3) is 0.467. The third kappa shape index (κ3) is 2.95. The normalized spacial score (nSPS) is 16.5. The van der Waals surface area contributed by atoms with E-state index in [4.69, 9.17) is 4.52 Å². The monoisotopic (exact) mass is 257 g/mol. The Kier molecular flexibility index (Phi) is 3.49. The second-order valence-electron chi connectivity index (χ2n) is 5.27. The van der Waals surface area contributed by atoms with Gasteiger partial charge in [0.05, 0.1) is 0 Å². The van der Waals surface area contributed by atoms with E-state index in [9.17, 15) is 0 Å². The summed E-state index contributed by atoms with van der Waals surface area (Å²) in [6.07, 6.45) is 6.31. The zero-order chi connectivity index (χ0) is 13.1. The molecule has 1 heterocycles. The van der Waals surface area contributed by atoms with Crippen LogP contribution in [-0.4, -0.2) is 16.2 Å². The minimum absolute atomic E-state index is 0.486. The minimum Gasteiger partial charge on any atom is -0.335 e. The Labute approximate surface area is 113 Å². The molecular formula is C15H19N3O. The summed E-state index contributed by atoms with van der Waals surface area (Å²) in [5, 5.41) is 7.38. The number of rotatable bonds is 3. The molecular weight excluding hydrogens is 238 g/mol. The number of benzene rings is 1. The first-order valence-corrected chi connectivity index (χ1v) is 6.98. The van der Waals surface area contributed by atoms with E-state index >= 15 is 0 Å². The maximum absolute atomic E-state index is 5.28. The number of aromatic nitrogens is 2. The molecule has 1 aliphatic carbocycles. The third-order valence-electron chi connectivity index (χ3n) is 3.67. The van der Waals surface area contributed by atoms with Crippen molar-refractivity contribution in [3.63, 3.8) is 0 Å². The van der Waals surface area contributed by atoms with Crippen LogP contribution in [0.2, 0.25) is 0 Å². The number of hydrogen-bond donors (Lipinski definition) is 1. The average Bonchev–Trinajstić information content (AvgIpc) is 2.89. The van der Waals surface area contributed by atoms with Gasteiger partial charge in [0, 0.05) is 11.6 Å². The fourth-order valence-electron chi connectivity index (χ4n) is 2.52. The Morgan fingerprint density at radius 3 is 2.58 bits per heavy atom. The van der Waals surface area contributed by atoms with Crippen LogP contribution in [0.25, 0.3) is 11.4 Å². The number of anilines is 1. The summed E-state index contributed by atoms with van der Waals surface area (Å²) >= 11 is 0. The highest BCUT2D eigenvalue weighted by Crippen LogP contribution is 2.23. The van der Waals surface area contributed by atoms with Crippen LogP contribution < -0.4 is 5.32 Å². The van der Waals surface area contributed by atoms with E-state index in [0.29, 0.717) is 17.9 Å². The van der Waals surface area contributed by atoms with Crippen LogP contribution in [0.1, 0.15) is 37.7 Å². The summed E-state index contributed by atoms with van der Waals surface area (Å²) in [5.41, 5.74) is 2.22. The molecule has 0 spiro atoms. The smallest absolute Gasteiger partial charge is 0.322 e. The van der Waals surface area contributed by atoms with Crippen molar-refractivity contribution in [2.24, 2.45) is 0 Å². The second-order valence-corrected chi connectivity index (χ2v) is 5.27. The van der Waals surface area contributed by atoms with Gasteiger partial charge in [-0.1, -0.05) is 54.2 Å². The molecule has 1 fully saturated rings. The van der Waals surface area contributed by atoms with Crippen LogP contribution >= 0.6 is 0 Å². The summed E-state index contributed by atoms with van der Waals surface area (Å²) in [6.45, 7) is 2.07. The van der Waals surface area contributed by atoms with Gasteiger partial charge in [-0.05, 0) is 19.8 Å². The Morgan fingerprint density at radius 1 is 1.11 bits per heavy atom. The van der Waals surface area contributed by atoms with E-state index in [-0.39, 0.29) is 0 Å². The van der Waals surface area contributed by atoms with E-state index in [0.717, 1.165) is 5.56 Å². The first-order valence-electron chi connectivity index (χ1n) is 6.98. The fourth-order valence-corrected chi connectivity index (χ4v) is 2.52. The van der Waals surface area contributed by atoms with Crippen LogP contribution in [0.3, 0.4) is 0 Å². The standard InChI is InChI=1S/C15H19N3O/c1-11-7-9-12(10-8-11)14-17-15(19-18-14)16-13-5-3-2-4-6-13/h7-10,13H,2-6H2,1H3,(H,16,17,18). The molecule has 1 saturated carbocycles. The van der Waals surface area contributed by atoms with E-state index in [1.807, 2.05) is 12.1 Å². The number of hydrogen-bond acceptors (Lipinski definition) is 4. The lowest BCUT2D eigenvalue weighted by Gasteiger charge is -2.21.